The number of carboxylic acid groups (broad SMARTS) is 3. The van der Waals surface area contributed by atoms with Crippen LogP contribution in [0.15, 0.2) is 59.6 Å². The number of H-pyrrole nitrogens is 1. The number of para-hydroxylation sites is 1. The van der Waals surface area contributed by atoms with E-state index >= 15 is 0 Å². The van der Waals surface area contributed by atoms with Crippen LogP contribution >= 0.6 is 0 Å². The highest BCUT2D eigenvalue weighted by molar-refractivity contribution is 7.85. The second kappa shape index (κ2) is 25.5. The average molecular weight is 945 g/mol. The highest BCUT2D eigenvalue weighted by Crippen LogP contribution is 2.20. The van der Waals surface area contributed by atoms with E-state index in [-0.39, 0.29) is 24.8 Å². The van der Waals surface area contributed by atoms with Gasteiger partial charge < -0.3 is 57.9 Å². The molecule has 3 rings (SSSR count). The van der Waals surface area contributed by atoms with Gasteiger partial charge in [0.2, 0.25) is 35.4 Å². The van der Waals surface area contributed by atoms with Crippen LogP contribution in [0.1, 0.15) is 76.3 Å². The second-order valence-electron chi connectivity index (χ2n) is 15.4. The molecule has 6 atom stereocenters. The number of benzene rings is 2. The fourth-order valence-corrected chi connectivity index (χ4v) is 7.09. The molecule has 6 amide bonds. The van der Waals surface area contributed by atoms with Crippen LogP contribution in [-0.2, 0) is 66.1 Å². The lowest BCUT2D eigenvalue weighted by Crippen LogP contribution is -2.58. The van der Waals surface area contributed by atoms with Gasteiger partial charge in [-0.1, -0.05) is 69.9 Å². The van der Waals surface area contributed by atoms with Crippen LogP contribution in [0.4, 0.5) is 0 Å². The Bertz CT molecular complexity index is 2340. The maximum atomic E-state index is 13.9. The molecule has 13 N–H and O–H groups in total. The third kappa shape index (κ3) is 17.2. The van der Waals surface area contributed by atoms with Crippen LogP contribution in [-0.4, -0.2) is 129 Å². The van der Waals surface area contributed by atoms with Gasteiger partial charge in [0, 0.05) is 29.9 Å². The first-order chi connectivity index (χ1) is 31.1. The minimum atomic E-state index is -4.60. The van der Waals surface area contributed by atoms with Crippen molar-refractivity contribution in [3.05, 3.63) is 65.9 Å². The van der Waals surface area contributed by atoms with E-state index in [1.54, 1.807) is 37.4 Å². The van der Waals surface area contributed by atoms with Gasteiger partial charge in [-0.2, -0.15) is 8.42 Å². The van der Waals surface area contributed by atoms with Crippen LogP contribution in [0.5, 0.6) is 0 Å². The Morgan fingerprint density at radius 1 is 0.636 bits per heavy atom. The summed E-state index contributed by atoms with van der Waals surface area (Å²) in [5.41, 5.74) is 7.28. The first-order valence-corrected chi connectivity index (χ1v) is 22.4. The third-order valence-corrected chi connectivity index (χ3v) is 11.0. The highest BCUT2D eigenvalue weighted by atomic mass is 32.2. The average Bonchev–Trinajstić information content (AvgIpc) is 3.66. The summed E-state index contributed by atoms with van der Waals surface area (Å²) in [4.78, 5) is 118. The monoisotopic (exact) mass is 944 g/mol. The highest BCUT2D eigenvalue weighted by Gasteiger charge is 2.32. The largest absolute Gasteiger partial charge is 0.481 e. The third-order valence-electron chi connectivity index (χ3n) is 10.2. The van der Waals surface area contributed by atoms with E-state index in [0.717, 1.165) is 23.0 Å². The number of nitrogens with two attached hydrogens (primary N) is 1. The molecule has 0 saturated heterocycles. The van der Waals surface area contributed by atoms with Crippen molar-refractivity contribution in [1.82, 2.24) is 36.9 Å². The number of amides is 6. The molecular formula is C42H56N8O15S. The van der Waals surface area contributed by atoms with Crippen molar-refractivity contribution in [3.8, 4) is 0 Å². The van der Waals surface area contributed by atoms with Gasteiger partial charge in [-0.15, -0.1) is 0 Å². The topological polar surface area (TPSA) is 383 Å². The lowest BCUT2D eigenvalue weighted by atomic mass is 10.0. The molecule has 3 aromatic rings. The Balaban J connectivity index is 1.84. The molecule has 23 nitrogen and oxygen atoms in total. The Kier molecular flexibility index (Phi) is 20.7. The van der Waals surface area contributed by atoms with Crippen LogP contribution in [0.25, 0.3) is 10.9 Å². The van der Waals surface area contributed by atoms with E-state index in [9.17, 15) is 66.3 Å². The van der Waals surface area contributed by atoms with Crippen molar-refractivity contribution >= 4 is 74.4 Å². The van der Waals surface area contributed by atoms with Gasteiger partial charge in [0.25, 0.3) is 10.1 Å². The predicted molar refractivity (Wildman–Crippen MR) is 234 cm³/mol. The van der Waals surface area contributed by atoms with Crippen LogP contribution in [0.2, 0.25) is 0 Å². The number of carboxylic acids is 3. The number of unbranched alkanes of at least 4 members (excludes halogenated alkanes) is 2. The van der Waals surface area contributed by atoms with E-state index in [1.165, 1.54) is 12.1 Å². The zero-order valence-electron chi connectivity index (χ0n) is 36.2. The van der Waals surface area contributed by atoms with E-state index in [4.69, 9.17) is 10.8 Å². The molecule has 2 unspecified atom stereocenters. The Labute approximate surface area is 379 Å². The number of nitrogens with one attached hydrogen (secondary N) is 7. The van der Waals surface area contributed by atoms with Gasteiger partial charge in [0.05, 0.1) is 30.3 Å². The zero-order chi connectivity index (χ0) is 49.1. The molecular weight excluding hydrogens is 889 g/mol. The number of carbonyl (C=O) groups excluding carboxylic acids is 6. The standard InChI is InChI=1S/C42H56N8O15S/c1-3-5-10-29(39(58)48-31(41(60)50-33(42(61)62)20-36(54)55)17-23-13-15-25(16-14-23)66(63,64)65)46-34(51)22-45-38(57)32(18-24-21-44-28-12-8-7-9-26(24)28)49-40(59)30(11-6-4-2)47-37(56)27(43)19-35(52)53/h7-9,12-16,21,27,29-33,44H,3-6,10-11,17-20,22,43H2,1-2H3,(H,45,57)(H,46,51)(H,47,56)(H,48,58)(H,49,59)(H,50,60)(H,52,53)(H,54,55)(H,61,62)(H,63,64,65)/t27-,29?,30?,31-,32-,33-/m0/s1. The van der Waals surface area contributed by atoms with Gasteiger partial charge in [0.15, 0.2) is 0 Å². The van der Waals surface area contributed by atoms with Gasteiger partial charge in [-0.05, 0) is 42.2 Å². The smallest absolute Gasteiger partial charge is 0.326 e. The second-order valence-corrected chi connectivity index (χ2v) is 16.8. The summed E-state index contributed by atoms with van der Waals surface area (Å²) in [6.07, 6.45) is 1.54. The lowest BCUT2D eigenvalue weighted by Gasteiger charge is -2.25. The molecule has 2 aromatic carbocycles. The zero-order valence-corrected chi connectivity index (χ0v) is 37.0. The number of hydrogen-bond acceptors (Lipinski definition) is 12. The summed E-state index contributed by atoms with van der Waals surface area (Å²) in [5, 5.41) is 43.1. The minimum absolute atomic E-state index is 0.0103. The Morgan fingerprint density at radius 3 is 1.70 bits per heavy atom. The molecule has 0 aliphatic heterocycles. The molecule has 0 radical (unpaired) electrons. The number of aromatic amines is 1. The molecule has 0 spiro atoms. The van der Waals surface area contributed by atoms with Crippen LogP contribution in [0, 0.1) is 0 Å². The van der Waals surface area contributed by atoms with Crippen molar-refractivity contribution in [2.24, 2.45) is 5.73 Å². The van der Waals surface area contributed by atoms with E-state index in [2.05, 4.69) is 36.9 Å². The number of rotatable bonds is 28. The van der Waals surface area contributed by atoms with Crippen LogP contribution < -0.4 is 37.6 Å². The molecule has 66 heavy (non-hydrogen) atoms. The van der Waals surface area contributed by atoms with Gasteiger partial charge in [0.1, 0.15) is 30.2 Å². The number of aromatic nitrogens is 1. The molecule has 0 aliphatic carbocycles. The fraction of sp³-hybridized carbons (Fsp3) is 0.452. The maximum Gasteiger partial charge on any atom is 0.326 e. The first kappa shape index (κ1) is 53.4. The minimum Gasteiger partial charge on any atom is -0.481 e. The van der Waals surface area contributed by atoms with E-state index < -0.39 is 130 Å². The molecule has 0 bridgehead atoms. The van der Waals surface area contributed by atoms with Crippen molar-refractivity contribution in [3.63, 3.8) is 0 Å². The quantitative estimate of drug-likeness (QED) is 0.0408. The SMILES string of the molecule is CCCCC(NC(=O)CNC(=O)[C@H](Cc1c[nH]c2ccccc12)NC(=O)C(CCCC)NC(=O)[C@@H](N)CC(=O)O)C(=O)N[C@@H](Cc1ccc(S(=O)(=O)O)cc1)C(=O)N[C@@H](CC(=O)O)C(=O)O. The van der Waals surface area contributed by atoms with Gasteiger partial charge in [-0.3, -0.25) is 42.9 Å². The number of aliphatic carboxylic acids is 3. The van der Waals surface area contributed by atoms with Crippen molar-refractivity contribution in [2.75, 3.05) is 6.54 Å². The summed E-state index contributed by atoms with van der Waals surface area (Å²) in [7, 11) is -4.60. The number of fused-ring (bicyclic) bond motifs is 1. The van der Waals surface area contributed by atoms with E-state index in [0.29, 0.717) is 31.2 Å². The summed E-state index contributed by atoms with van der Waals surface area (Å²) in [6, 6.07) is 2.71. The summed E-state index contributed by atoms with van der Waals surface area (Å²) < 4.78 is 32.5. The summed E-state index contributed by atoms with van der Waals surface area (Å²) >= 11 is 0. The number of hydrogen-bond donors (Lipinski definition) is 12. The van der Waals surface area contributed by atoms with Crippen molar-refractivity contribution in [1.29, 1.82) is 0 Å². The number of carbonyl (C=O) groups is 9. The lowest BCUT2D eigenvalue weighted by molar-refractivity contribution is -0.147. The molecule has 0 saturated carbocycles. The Hall–Kier alpha value is -6.92. The molecule has 24 heteroatoms. The normalized spacial score (nSPS) is 14.0. The summed E-state index contributed by atoms with van der Waals surface area (Å²) in [5.74, 6) is -10.0. The molecule has 360 valence electrons. The predicted octanol–water partition coefficient (Wildman–Crippen LogP) is -0.518. The molecule has 1 heterocycles. The fourth-order valence-electron chi connectivity index (χ4n) is 6.61. The van der Waals surface area contributed by atoms with Crippen molar-refractivity contribution < 1.29 is 71.4 Å². The van der Waals surface area contributed by atoms with Gasteiger partial charge in [-0.25, -0.2) is 4.79 Å². The molecule has 0 fully saturated rings. The maximum absolute atomic E-state index is 13.9. The van der Waals surface area contributed by atoms with Crippen LogP contribution in [0.3, 0.4) is 0 Å². The first-order valence-electron chi connectivity index (χ1n) is 20.9. The van der Waals surface area contributed by atoms with E-state index in [1.807, 2.05) is 6.92 Å². The van der Waals surface area contributed by atoms with Crippen molar-refractivity contribution in [2.45, 2.75) is 119 Å². The Morgan fingerprint density at radius 2 is 1.15 bits per heavy atom. The molecule has 0 aliphatic rings. The molecule has 1 aromatic heterocycles. The van der Waals surface area contributed by atoms with Gasteiger partial charge >= 0.3 is 17.9 Å². The summed E-state index contributed by atoms with van der Waals surface area (Å²) in [6.45, 7) is 2.91.